The lowest BCUT2D eigenvalue weighted by molar-refractivity contribution is 0.202. The van der Waals surface area contributed by atoms with Gasteiger partial charge in [-0.05, 0) is 45.8 Å². The van der Waals surface area contributed by atoms with E-state index in [1.807, 2.05) is 6.20 Å². The topological polar surface area (TPSA) is 31.4 Å². The lowest BCUT2D eigenvalue weighted by Gasteiger charge is -2.43. The van der Waals surface area contributed by atoms with E-state index in [9.17, 15) is 0 Å². The minimum atomic E-state index is 0.354. The first-order valence-corrected chi connectivity index (χ1v) is 8.39. The minimum absolute atomic E-state index is 0.354. The summed E-state index contributed by atoms with van der Waals surface area (Å²) in [5, 5.41) is 3.53. The lowest BCUT2D eigenvalue weighted by atomic mass is 10.0. The Bertz CT molecular complexity index is 476. The molecule has 1 aromatic rings. The first-order chi connectivity index (χ1) is 10.2. The molecule has 0 radical (unpaired) electrons. The van der Waals surface area contributed by atoms with Crippen LogP contribution in [0.15, 0.2) is 18.3 Å². The monoisotopic (exact) mass is 288 g/mol. The number of hydrogen-bond acceptors (Lipinski definition) is 4. The predicted octanol–water partition coefficient (Wildman–Crippen LogP) is 2.42. The average molecular weight is 288 g/mol. The molecule has 3 atom stereocenters. The van der Waals surface area contributed by atoms with Gasteiger partial charge in [0.15, 0.2) is 0 Å². The van der Waals surface area contributed by atoms with E-state index in [0.717, 1.165) is 19.1 Å². The molecule has 0 bridgehead atoms. The SMILES string of the molecule is CCNC(C)c1cccnc1N1CC2CCCN2CC1C. The van der Waals surface area contributed by atoms with Gasteiger partial charge in [0.1, 0.15) is 5.82 Å². The summed E-state index contributed by atoms with van der Waals surface area (Å²) in [6.07, 6.45) is 4.63. The van der Waals surface area contributed by atoms with Crippen LogP contribution in [0.1, 0.15) is 45.2 Å². The van der Waals surface area contributed by atoms with Gasteiger partial charge in [-0.25, -0.2) is 4.98 Å². The van der Waals surface area contributed by atoms with Gasteiger partial charge in [-0.3, -0.25) is 4.90 Å². The third kappa shape index (κ3) is 2.92. The molecule has 0 aliphatic carbocycles. The molecule has 3 unspecified atom stereocenters. The largest absolute Gasteiger partial charge is 0.351 e. The summed E-state index contributed by atoms with van der Waals surface area (Å²) < 4.78 is 0. The van der Waals surface area contributed by atoms with Crippen molar-refractivity contribution in [1.29, 1.82) is 0 Å². The summed E-state index contributed by atoms with van der Waals surface area (Å²) in [4.78, 5) is 9.94. The standard InChI is InChI=1S/C17H28N4/c1-4-18-14(3)16-8-5-9-19-17(16)21-12-15-7-6-10-20(15)11-13(21)2/h5,8-9,13-15,18H,4,6-7,10-12H2,1-3H3. The molecule has 4 nitrogen and oxygen atoms in total. The number of piperazine rings is 1. The molecule has 116 valence electrons. The van der Waals surface area contributed by atoms with Gasteiger partial charge in [-0.15, -0.1) is 0 Å². The fraction of sp³-hybridized carbons (Fsp3) is 0.706. The van der Waals surface area contributed by atoms with E-state index in [1.165, 1.54) is 37.3 Å². The van der Waals surface area contributed by atoms with Crippen molar-refractivity contribution in [3.05, 3.63) is 23.9 Å². The molecular formula is C17H28N4. The third-order valence-corrected chi connectivity index (χ3v) is 5.00. The highest BCUT2D eigenvalue weighted by atomic mass is 15.3. The van der Waals surface area contributed by atoms with E-state index in [1.54, 1.807) is 0 Å². The molecule has 1 aromatic heterocycles. The van der Waals surface area contributed by atoms with E-state index >= 15 is 0 Å². The average Bonchev–Trinajstić information content (AvgIpc) is 2.93. The first kappa shape index (κ1) is 14.8. The molecule has 21 heavy (non-hydrogen) atoms. The molecule has 0 spiro atoms. The van der Waals surface area contributed by atoms with Crippen LogP contribution >= 0.6 is 0 Å². The number of fused-ring (bicyclic) bond motifs is 1. The van der Waals surface area contributed by atoms with Crippen LogP contribution in [0.4, 0.5) is 5.82 Å². The van der Waals surface area contributed by atoms with Gasteiger partial charge in [0.25, 0.3) is 0 Å². The summed E-state index contributed by atoms with van der Waals surface area (Å²) in [5.74, 6) is 1.19. The molecule has 2 saturated heterocycles. The molecule has 3 heterocycles. The fourth-order valence-corrected chi connectivity index (χ4v) is 3.89. The van der Waals surface area contributed by atoms with Crippen LogP contribution in [-0.4, -0.2) is 48.1 Å². The van der Waals surface area contributed by atoms with Crippen molar-refractivity contribution in [2.45, 2.75) is 51.7 Å². The number of rotatable bonds is 4. The highest BCUT2D eigenvalue weighted by Gasteiger charge is 2.35. The Morgan fingerprint density at radius 1 is 1.43 bits per heavy atom. The molecule has 0 saturated carbocycles. The maximum absolute atomic E-state index is 4.74. The molecule has 3 rings (SSSR count). The van der Waals surface area contributed by atoms with Crippen molar-refractivity contribution >= 4 is 5.82 Å². The van der Waals surface area contributed by atoms with E-state index in [-0.39, 0.29) is 0 Å². The molecular weight excluding hydrogens is 260 g/mol. The van der Waals surface area contributed by atoms with Crippen molar-refractivity contribution in [3.63, 3.8) is 0 Å². The minimum Gasteiger partial charge on any atom is -0.351 e. The van der Waals surface area contributed by atoms with Crippen molar-refractivity contribution in [2.24, 2.45) is 0 Å². The number of nitrogens with zero attached hydrogens (tertiary/aromatic N) is 3. The number of nitrogens with one attached hydrogen (secondary N) is 1. The van der Waals surface area contributed by atoms with Crippen LogP contribution in [0.5, 0.6) is 0 Å². The molecule has 0 aromatic carbocycles. The van der Waals surface area contributed by atoms with Crippen LogP contribution < -0.4 is 10.2 Å². The third-order valence-electron chi connectivity index (χ3n) is 5.00. The van der Waals surface area contributed by atoms with Gasteiger partial charge in [0.2, 0.25) is 0 Å². The quantitative estimate of drug-likeness (QED) is 0.922. The zero-order valence-electron chi connectivity index (χ0n) is 13.5. The Morgan fingerprint density at radius 2 is 2.29 bits per heavy atom. The Hall–Kier alpha value is -1.13. The summed E-state index contributed by atoms with van der Waals surface area (Å²) in [7, 11) is 0. The Balaban J connectivity index is 1.85. The molecule has 2 fully saturated rings. The molecule has 4 heteroatoms. The zero-order valence-corrected chi connectivity index (χ0v) is 13.5. The summed E-state index contributed by atoms with van der Waals surface area (Å²) in [6.45, 7) is 11.3. The predicted molar refractivity (Wildman–Crippen MR) is 87.7 cm³/mol. The Kier molecular flexibility index (Phi) is 4.45. The van der Waals surface area contributed by atoms with Gasteiger partial charge >= 0.3 is 0 Å². The smallest absolute Gasteiger partial charge is 0.133 e. The number of pyridine rings is 1. The van der Waals surface area contributed by atoms with Gasteiger partial charge in [-0.1, -0.05) is 13.0 Å². The molecule has 0 amide bonds. The van der Waals surface area contributed by atoms with Gasteiger partial charge in [0, 0.05) is 43.0 Å². The van der Waals surface area contributed by atoms with E-state index in [4.69, 9.17) is 4.98 Å². The fourth-order valence-electron chi connectivity index (χ4n) is 3.89. The lowest BCUT2D eigenvalue weighted by Crippen LogP contribution is -2.55. The maximum atomic E-state index is 4.74. The van der Waals surface area contributed by atoms with E-state index < -0.39 is 0 Å². The number of anilines is 1. The summed E-state index contributed by atoms with van der Waals surface area (Å²) in [6, 6.07) is 5.91. The number of hydrogen-bond donors (Lipinski definition) is 1. The van der Waals surface area contributed by atoms with Gasteiger partial charge in [-0.2, -0.15) is 0 Å². The van der Waals surface area contributed by atoms with Crippen LogP contribution in [0, 0.1) is 0 Å². The van der Waals surface area contributed by atoms with E-state index in [0.29, 0.717) is 12.1 Å². The van der Waals surface area contributed by atoms with Crippen LogP contribution in [0.25, 0.3) is 0 Å². The second-order valence-corrected chi connectivity index (χ2v) is 6.49. The normalized spacial score (nSPS) is 27.7. The maximum Gasteiger partial charge on any atom is 0.133 e. The second-order valence-electron chi connectivity index (χ2n) is 6.49. The zero-order chi connectivity index (χ0) is 14.8. The van der Waals surface area contributed by atoms with Crippen LogP contribution in [0.3, 0.4) is 0 Å². The van der Waals surface area contributed by atoms with E-state index in [2.05, 4.69) is 48.0 Å². The van der Waals surface area contributed by atoms with Crippen molar-refractivity contribution in [2.75, 3.05) is 31.1 Å². The van der Waals surface area contributed by atoms with Crippen molar-refractivity contribution in [3.8, 4) is 0 Å². The highest BCUT2D eigenvalue weighted by molar-refractivity contribution is 5.50. The van der Waals surface area contributed by atoms with Crippen molar-refractivity contribution < 1.29 is 0 Å². The number of aromatic nitrogens is 1. The highest BCUT2D eigenvalue weighted by Crippen LogP contribution is 2.31. The molecule has 2 aliphatic heterocycles. The van der Waals surface area contributed by atoms with Gasteiger partial charge < -0.3 is 10.2 Å². The van der Waals surface area contributed by atoms with Crippen molar-refractivity contribution in [1.82, 2.24) is 15.2 Å². The summed E-state index contributed by atoms with van der Waals surface area (Å²) in [5.41, 5.74) is 1.33. The van der Waals surface area contributed by atoms with Crippen LogP contribution in [-0.2, 0) is 0 Å². The molecule has 2 aliphatic rings. The van der Waals surface area contributed by atoms with Gasteiger partial charge in [0.05, 0.1) is 0 Å². The molecule has 1 N–H and O–H groups in total. The second kappa shape index (κ2) is 6.32. The summed E-state index contributed by atoms with van der Waals surface area (Å²) >= 11 is 0. The van der Waals surface area contributed by atoms with Crippen LogP contribution in [0.2, 0.25) is 0 Å². The Morgan fingerprint density at radius 3 is 3.10 bits per heavy atom. The Labute approximate surface area is 128 Å². The first-order valence-electron chi connectivity index (χ1n) is 8.39.